The first kappa shape index (κ1) is 12.5. The van der Waals surface area contributed by atoms with Gasteiger partial charge in [-0.05, 0) is 50.2 Å². The number of carbonyl (C=O) groups excluding carboxylic acids is 1. The van der Waals surface area contributed by atoms with Crippen LogP contribution < -0.4 is 0 Å². The van der Waals surface area contributed by atoms with Crippen LogP contribution in [0.25, 0.3) is 0 Å². The van der Waals surface area contributed by atoms with Gasteiger partial charge in [-0.15, -0.1) is 0 Å². The Labute approximate surface area is 119 Å². The van der Waals surface area contributed by atoms with Crippen molar-refractivity contribution in [2.75, 3.05) is 13.1 Å². The average Bonchev–Trinajstić information content (AvgIpc) is 3.23. The van der Waals surface area contributed by atoms with Crippen molar-refractivity contribution in [3.8, 4) is 0 Å². The number of likely N-dealkylation sites (tertiary alicyclic amines) is 2. The van der Waals surface area contributed by atoms with Crippen LogP contribution >= 0.6 is 0 Å². The first-order valence-corrected chi connectivity index (χ1v) is 7.90. The maximum Gasteiger partial charge on any atom is 0.240 e. The molecule has 4 heteroatoms. The third kappa shape index (κ3) is 1.97. The molecule has 1 saturated carbocycles. The van der Waals surface area contributed by atoms with E-state index in [2.05, 4.69) is 9.80 Å². The summed E-state index contributed by atoms with van der Waals surface area (Å²) in [7, 11) is 0. The zero-order valence-corrected chi connectivity index (χ0v) is 11.8. The van der Waals surface area contributed by atoms with Crippen molar-refractivity contribution < 1.29 is 9.21 Å². The molecule has 3 atom stereocenters. The van der Waals surface area contributed by atoms with Crippen LogP contribution in [0.3, 0.4) is 0 Å². The molecule has 2 aliphatic heterocycles. The quantitative estimate of drug-likeness (QED) is 0.848. The van der Waals surface area contributed by atoms with Crippen LogP contribution in [-0.4, -0.2) is 40.9 Å². The second-order valence-electron chi connectivity index (χ2n) is 6.46. The molecule has 0 radical (unpaired) electrons. The summed E-state index contributed by atoms with van der Waals surface area (Å²) in [5.41, 5.74) is 0. The van der Waals surface area contributed by atoms with Gasteiger partial charge in [0.1, 0.15) is 5.76 Å². The van der Waals surface area contributed by atoms with E-state index in [1.54, 1.807) is 6.26 Å². The largest absolute Gasteiger partial charge is 0.468 e. The molecule has 3 aliphatic rings. The van der Waals surface area contributed by atoms with Crippen LogP contribution in [0, 0.1) is 5.92 Å². The summed E-state index contributed by atoms with van der Waals surface area (Å²) in [4.78, 5) is 17.3. The van der Waals surface area contributed by atoms with Gasteiger partial charge in [-0.25, -0.2) is 0 Å². The smallest absolute Gasteiger partial charge is 0.240 e. The Bertz CT molecular complexity index is 479. The minimum absolute atomic E-state index is 0.108. The predicted octanol–water partition coefficient (Wildman–Crippen LogP) is 2.25. The summed E-state index contributed by atoms with van der Waals surface area (Å²) in [6.07, 6.45) is 7.74. The summed E-state index contributed by atoms with van der Waals surface area (Å²) < 4.78 is 5.49. The normalized spacial score (nSPS) is 33.2. The van der Waals surface area contributed by atoms with Crippen molar-refractivity contribution in [2.24, 2.45) is 5.92 Å². The standard InChI is InChI=1S/C16H22N2O2/c19-16(17-7-1-2-8-17)15-12-5-6-13(10-12)18(15)11-14-4-3-9-20-14/h3-4,9,12-13,15H,1-2,5-8,10-11H2/t12?,13?,15-/m0/s1. The molecule has 1 aromatic rings. The highest BCUT2D eigenvalue weighted by molar-refractivity contribution is 5.83. The van der Waals surface area contributed by atoms with E-state index < -0.39 is 0 Å². The lowest BCUT2D eigenvalue weighted by Crippen LogP contribution is -2.50. The predicted molar refractivity (Wildman–Crippen MR) is 75.0 cm³/mol. The van der Waals surface area contributed by atoms with Crippen molar-refractivity contribution in [3.05, 3.63) is 24.2 Å². The Balaban J connectivity index is 1.54. The Hall–Kier alpha value is -1.29. The molecule has 0 aromatic carbocycles. The van der Waals surface area contributed by atoms with Crippen LogP contribution in [0.4, 0.5) is 0 Å². The monoisotopic (exact) mass is 274 g/mol. The Kier molecular flexibility index (Phi) is 3.06. The van der Waals surface area contributed by atoms with Gasteiger partial charge < -0.3 is 9.32 Å². The van der Waals surface area contributed by atoms with Gasteiger partial charge in [0, 0.05) is 19.1 Å². The van der Waals surface area contributed by atoms with Gasteiger partial charge in [0.2, 0.25) is 5.91 Å². The SMILES string of the molecule is O=C([C@@H]1C2CCC(C2)N1Cc1ccco1)N1CCCC1. The molecule has 0 spiro atoms. The average molecular weight is 274 g/mol. The molecule has 108 valence electrons. The highest BCUT2D eigenvalue weighted by atomic mass is 16.3. The Morgan fingerprint density at radius 2 is 2.15 bits per heavy atom. The molecule has 4 nitrogen and oxygen atoms in total. The minimum atomic E-state index is 0.108. The highest BCUT2D eigenvalue weighted by Gasteiger charge is 2.50. The van der Waals surface area contributed by atoms with E-state index in [1.807, 2.05) is 12.1 Å². The van der Waals surface area contributed by atoms with Crippen molar-refractivity contribution in [2.45, 2.75) is 50.7 Å². The molecule has 20 heavy (non-hydrogen) atoms. The number of amides is 1. The van der Waals surface area contributed by atoms with E-state index in [1.165, 1.54) is 32.1 Å². The van der Waals surface area contributed by atoms with E-state index in [-0.39, 0.29) is 6.04 Å². The Morgan fingerprint density at radius 1 is 1.30 bits per heavy atom. The summed E-state index contributed by atoms with van der Waals surface area (Å²) in [6, 6.07) is 4.64. The summed E-state index contributed by atoms with van der Waals surface area (Å²) in [5.74, 6) is 1.93. The molecule has 2 bridgehead atoms. The highest BCUT2D eigenvalue weighted by Crippen LogP contribution is 2.44. The molecule has 2 saturated heterocycles. The minimum Gasteiger partial charge on any atom is -0.468 e. The molecule has 0 N–H and O–H groups in total. The van der Waals surface area contributed by atoms with Gasteiger partial charge in [0.25, 0.3) is 0 Å². The molecule has 1 aliphatic carbocycles. The second kappa shape index (κ2) is 4.92. The number of nitrogens with zero attached hydrogens (tertiary/aromatic N) is 2. The van der Waals surface area contributed by atoms with Crippen molar-refractivity contribution in [1.29, 1.82) is 0 Å². The van der Waals surface area contributed by atoms with Crippen LogP contribution in [0.1, 0.15) is 37.9 Å². The summed E-state index contributed by atoms with van der Waals surface area (Å²) >= 11 is 0. The number of rotatable bonds is 3. The molecular formula is C16H22N2O2. The zero-order chi connectivity index (χ0) is 13.5. The van der Waals surface area contributed by atoms with E-state index in [9.17, 15) is 4.79 Å². The van der Waals surface area contributed by atoms with E-state index in [0.717, 1.165) is 25.4 Å². The fraction of sp³-hybridized carbons (Fsp3) is 0.688. The molecular weight excluding hydrogens is 252 g/mol. The topological polar surface area (TPSA) is 36.7 Å². The van der Waals surface area contributed by atoms with Crippen molar-refractivity contribution >= 4 is 5.91 Å². The lowest BCUT2D eigenvalue weighted by molar-refractivity contribution is -0.138. The maximum atomic E-state index is 12.8. The third-order valence-corrected chi connectivity index (χ3v) is 5.31. The van der Waals surface area contributed by atoms with Gasteiger partial charge in [-0.1, -0.05) is 0 Å². The van der Waals surface area contributed by atoms with Crippen LogP contribution in [-0.2, 0) is 11.3 Å². The van der Waals surface area contributed by atoms with E-state index >= 15 is 0 Å². The van der Waals surface area contributed by atoms with Crippen LogP contribution in [0.5, 0.6) is 0 Å². The molecule has 3 heterocycles. The van der Waals surface area contributed by atoms with Gasteiger partial charge in [-0.3, -0.25) is 9.69 Å². The van der Waals surface area contributed by atoms with Crippen molar-refractivity contribution in [3.63, 3.8) is 0 Å². The van der Waals surface area contributed by atoms with E-state index in [0.29, 0.717) is 17.9 Å². The van der Waals surface area contributed by atoms with Gasteiger partial charge in [0.05, 0.1) is 18.8 Å². The third-order valence-electron chi connectivity index (χ3n) is 5.31. The van der Waals surface area contributed by atoms with Gasteiger partial charge in [0.15, 0.2) is 0 Å². The molecule has 1 amide bonds. The number of piperidine rings is 1. The molecule has 3 fully saturated rings. The fourth-order valence-corrected chi connectivity index (χ4v) is 4.36. The summed E-state index contributed by atoms with van der Waals surface area (Å²) in [5, 5.41) is 0. The Morgan fingerprint density at radius 3 is 2.90 bits per heavy atom. The lowest BCUT2D eigenvalue weighted by atomic mass is 9.97. The lowest BCUT2D eigenvalue weighted by Gasteiger charge is -2.35. The van der Waals surface area contributed by atoms with Crippen LogP contribution in [0.15, 0.2) is 22.8 Å². The van der Waals surface area contributed by atoms with Crippen LogP contribution in [0.2, 0.25) is 0 Å². The van der Waals surface area contributed by atoms with Gasteiger partial charge in [-0.2, -0.15) is 0 Å². The second-order valence-corrected chi connectivity index (χ2v) is 6.46. The number of fused-ring (bicyclic) bond motifs is 2. The molecule has 2 unspecified atom stereocenters. The molecule has 4 rings (SSSR count). The number of carbonyl (C=O) groups is 1. The zero-order valence-electron chi connectivity index (χ0n) is 11.8. The van der Waals surface area contributed by atoms with E-state index in [4.69, 9.17) is 4.42 Å². The number of hydrogen-bond acceptors (Lipinski definition) is 3. The maximum absolute atomic E-state index is 12.8. The van der Waals surface area contributed by atoms with Crippen molar-refractivity contribution in [1.82, 2.24) is 9.80 Å². The first-order chi connectivity index (χ1) is 9.83. The number of furan rings is 1. The fourth-order valence-electron chi connectivity index (χ4n) is 4.36. The first-order valence-electron chi connectivity index (χ1n) is 7.90. The summed E-state index contributed by atoms with van der Waals surface area (Å²) in [6.45, 7) is 2.71. The number of hydrogen-bond donors (Lipinski definition) is 0. The molecule has 1 aromatic heterocycles. The van der Waals surface area contributed by atoms with Gasteiger partial charge >= 0.3 is 0 Å².